The van der Waals surface area contributed by atoms with E-state index in [1.165, 1.54) is 38.4 Å². The topological polar surface area (TPSA) is 198 Å². The lowest BCUT2D eigenvalue weighted by Crippen LogP contribution is -1.65. The molecule has 16 heteroatoms. The van der Waals surface area contributed by atoms with Gasteiger partial charge in [-0.05, 0) is 23.8 Å². The molecule has 0 aromatic carbocycles. The minimum Gasteiger partial charge on any atom is -0.289 e. The van der Waals surface area contributed by atoms with E-state index in [0.29, 0.717) is 19.9 Å². The smallest absolute Gasteiger partial charge is 0.152 e. The number of allylic oxidation sites excluding steroid dienone is 6. The van der Waals surface area contributed by atoms with Crippen LogP contribution in [0.4, 0.5) is 0 Å². The van der Waals surface area contributed by atoms with Crippen LogP contribution in [-0.2, 0) is 0 Å². The summed E-state index contributed by atoms with van der Waals surface area (Å²) in [6.07, 6.45) is 47.3. The van der Waals surface area contributed by atoms with Crippen LogP contribution in [-0.4, -0.2) is 102 Å². The van der Waals surface area contributed by atoms with Crippen molar-refractivity contribution in [1.82, 2.24) is 0 Å². The Balaban J connectivity index is 0.000000278. The molecule has 0 atom stereocenters. The zero-order valence-corrected chi connectivity index (χ0v) is 28.6. The van der Waals surface area contributed by atoms with Crippen LogP contribution in [0.2, 0.25) is 0 Å². The summed E-state index contributed by atoms with van der Waals surface area (Å²) in [5.74, 6) is 0. The van der Waals surface area contributed by atoms with Gasteiger partial charge in [0, 0.05) is 68.7 Å². The molecular weight excluding hydrogens is 632 g/mol. The lowest BCUT2D eigenvalue weighted by molar-refractivity contribution is 0.886. The molecule has 50 heavy (non-hydrogen) atoms. The monoisotopic (exact) mass is 680 g/mol. The van der Waals surface area contributed by atoms with Gasteiger partial charge in [0.2, 0.25) is 0 Å². The predicted octanol–water partition coefficient (Wildman–Crippen LogP) is 7.54. The van der Waals surface area contributed by atoms with Crippen molar-refractivity contribution in [3.8, 4) is 0 Å². The van der Waals surface area contributed by atoms with E-state index in [1.54, 1.807) is 62.2 Å². The highest BCUT2D eigenvalue weighted by atomic mass is 15.4. The van der Waals surface area contributed by atoms with Crippen molar-refractivity contribution < 1.29 is 0 Å². The summed E-state index contributed by atoms with van der Waals surface area (Å²) >= 11 is 0. The number of hydrogen-bond donors (Lipinski definition) is 0. The Kier molecular flexibility index (Phi) is 33.3. The average Bonchev–Trinajstić information content (AvgIpc) is 4.08. The first-order valence-corrected chi connectivity index (χ1v) is 16.4. The predicted molar refractivity (Wildman–Crippen MR) is 211 cm³/mol. The summed E-state index contributed by atoms with van der Waals surface area (Å²) in [7, 11) is 0. The van der Waals surface area contributed by atoms with Gasteiger partial charge < -0.3 is 0 Å². The summed E-state index contributed by atoms with van der Waals surface area (Å²) < 4.78 is 0. The maximum atomic E-state index is 3.85. The zero-order chi connectivity index (χ0) is 35.4. The van der Waals surface area contributed by atoms with Crippen molar-refractivity contribution in [3.63, 3.8) is 0 Å². The molecule has 0 unspecified atom stereocenters. The maximum Gasteiger partial charge on any atom is 0.152 e. The Bertz CT molecular complexity index is 951. The van der Waals surface area contributed by atoms with E-state index in [2.05, 4.69) is 105 Å². The summed E-state index contributed by atoms with van der Waals surface area (Å²) in [6, 6.07) is 0. The molecular formula is C34H48N16. The first-order chi connectivity index (χ1) is 25.0. The molecule has 0 N–H and O–H groups in total. The minimum absolute atomic E-state index is 0.528. The van der Waals surface area contributed by atoms with Crippen molar-refractivity contribution >= 4 is 62.4 Å². The van der Waals surface area contributed by atoms with E-state index in [-0.39, 0.29) is 0 Å². The first-order valence-electron chi connectivity index (χ1n) is 16.4. The Morgan fingerprint density at radius 2 is 1.18 bits per heavy atom. The van der Waals surface area contributed by atoms with E-state index < -0.39 is 0 Å². The zero-order valence-electron chi connectivity index (χ0n) is 28.6. The molecule has 264 valence electrons. The highest BCUT2D eigenvalue weighted by Gasteiger charge is 1.95. The van der Waals surface area contributed by atoms with Gasteiger partial charge >= 0.3 is 0 Å². The number of aliphatic imine (C=N–C) groups is 7. The molecule has 0 aromatic heterocycles. The molecule has 2 aliphatic carbocycles. The summed E-state index contributed by atoms with van der Waals surface area (Å²) in [6.45, 7) is 4.28. The molecule has 0 spiro atoms. The van der Waals surface area contributed by atoms with Crippen LogP contribution in [0.1, 0.15) is 51.4 Å². The van der Waals surface area contributed by atoms with Crippen LogP contribution in [0.5, 0.6) is 0 Å². The largest absolute Gasteiger partial charge is 0.289 e. The quantitative estimate of drug-likeness (QED) is 0.244. The summed E-state index contributed by atoms with van der Waals surface area (Å²) in [5, 5.41) is 31.3. The van der Waals surface area contributed by atoms with Crippen molar-refractivity contribution in [2.75, 3.05) is 39.5 Å². The number of nitrogens with zero attached hydrogens (tertiary/aromatic N) is 16. The second kappa shape index (κ2) is 39.4. The van der Waals surface area contributed by atoms with E-state index >= 15 is 0 Å². The summed E-state index contributed by atoms with van der Waals surface area (Å²) in [4.78, 5) is 26.1. The third-order valence-corrected chi connectivity index (χ3v) is 5.47. The summed E-state index contributed by atoms with van der Waals surface area (Å²) in [5.41, 5.74) is 0. The minimum atomic E-state index is 0.528. The molecule has 8 aliphatic heterocycles. The number of rotatable bonds is 0. The second-order valence-corrected chi connectivity index (χ2v) is 9.44. The Morgan fingerprint density at radius 3 is 1.38 bits per heavy atom. The van der Waals surface area contributed by atoms with Gasteiger partial charge in [-0.1, -0.05) is 68.6 Å². The van der Waals surface area contributed by atoms with Crippen LogP contribution >= 0.6 is 0 Å². The van der Waals surface area contributed by atoms with Crippen LogP contribution in [0, 0.1) is 0 Å². The second-order valence-electron chi connectivity index (χ2n) is 9.44. The first kappa shape index (κ1) is 42.2. The normalized spacial score (nSPS) is 18.2. The van der Waals surface area contributed by atoms with Gasteiger partial charge in [-0.2, -0.15) is 30.7 Å². The molecule has 16 nitrogen and oxygen atoms in total. The Hall–Kier alpha value is -5.80. The number of hydrogen-bond acceptors (Lipinski definition) is 16. The van der Waals surface area contributed by atoms with Gasteiger partial charge in [-0.25, -0.2) is 9.98 Å². The van der Waals surface area contributed by atoms with E-state index in [1.807, 2.05) is 30.5 Å². The van der Waals surface area contributed by atoms with Gasteiger partial charge in [-0.15, -0.1) is 10.2 Å². The Labute approximate surface area is 295 Å². The molecule has 8 heterocycles. The lowest BCUT2D eigenvalue weighted by Gasteiger charge is -1.67. The molecule has 1 fully saturated rings. The third-order valence-electron chi connectivity index (χ3n) is 5.47. The number of azo groups is 2. The van der Waals surface area contributed by atoms with E-state index in [4.69, 9.17) is 0 Å². The highest BCUT2D eigenvalue weighted by molar-refractivity contribution is 6.17. The maximum absolute atomic E-state index is 3.85. The van der Waals surface area contributed by atoms with Gasteiger partial charge in [0.1, 0.15) is 19.3 Å². The molecule has 0 aromatic rings. The fourth-order valence-corrected chi connectivity index (χ4v) is 3.19. The Morgan fingerprint density at radius 1 is 0.380 bits per heavy atom. The molecule has 1 saturated carbocycles. The van der Waals surface area contributed by atoms with Crippen molar-refractivity contribution in [3.05, 3.63) is 61.0 Å². The average molecular weight is 681 g/mol. The van der Waals surface area contributed by atoms with E-state index in [9.17, 15) is 0 Å². The van der Waals surface area contributed by atoms with Crippen LogP contribution in [0.25, 0.3) is 0 Å². The van der Waals surface area contributed by atoms with Crippen molar-refractivity contribution in [1.29, 1.82) is 0 Å². The standard InChI is InChI=1S/C5H10.C5H6.2C4H5N.4C3H4N2.2C2H3N3/c4*1-2-4-5-3-1;2*1-2-5-3-4-1;2*1-2-4-5-3-1;1-3-2-5-4-1;1-2-4-5-3-1/h1-5H2;1-4H,5H2;1,3-4H,2H2;1-3H,4H2;1,3H,2H2;1-2H,3H2;2-3H,1H2;1-2H,3H2;2*1H,2H2. The lowest BCUT2D eigenvalue weighted by atomic mass is 10.4. The SMILES string of the molecule is C1=CCC=C1.C1=CCN=C1.C1=CN=CC1.C1=CN=NC1.C1=NC=NC1.C1=NCN=C1.C1=NCN=N1.C1=NN=CC1.C1=NN=NC1.C1CCCC1. The van der Waals surface area contributed by atoms with Crippen LogP contribution < -0.4 is 0 Å². The highest BCUT2D eigenvalue weighted by Crippen LogP contribution is 2.15. The van der Waals surface area contributed by atoms with Crippen molar-refractivity contribution in [2.45, 2.75) is 51.4 Å². The fraction of sp³-hybridized carbons (Fsp3) is 0.412. The molecule has 0 radical (unpaired) electrons. The van der Waals surface area contributed by atoms with Gasteiger partial charge in [0.25, 0.3) is 0 Å². The van der Waals surface area contributed by atoms with Crippen LogP contribution in [0.3, 0.4) is 0 Å². The fourth-order valence-electron chi connectivity index (χ4n) is 3.19. The van der Waals surface area contributed by atoms with Crippen molar-refractivity contribution in [2.24, 2.45) is 81.0 Å². The van der Waals surface area contributed by atoms with Gasteiger partial charge in [0.15, 0.2) is 6.67 Å². The van der Waals surface area contributed by atoms with Gasteiger partial charge in [-0.3, -0.25) is 25.0 Å². The third kappa shape index (κ3) is 36.7. The molecule has 10 rings (SSSR count). The molecule has 0 amide bonds. The molecule has 0 saturated heterocycles. The van der Waals surface area contributed by atoms with E-state index in [0.717, 1.165) is 38.9 Å². The van der Waals surface area contributed by atoms with Gasteiger partial charge in [0.05, 0.1) is 32.4 Å². The molecule has 0 bridgehead atoms. The van der Waals surface area contributed by atoms with Crippen LogP contribution in [0.15, 0.2) is 142 Å². The molecule has 10 aliphatic rings.